The van der Waals surface area contributed by atoms with Crippen molar-refractivity contribution in [2.45, 2.75) is 0 Å². The molecule has 0 bridgehead atoms. The summed E-state index contributed by atoms with van der Waals surface area (Å²) in [5, 5.41) is 0. The Bertz CT molecular complexity index is 494. The van der Waals surface area contributed by atoms with Gasteiger partial charge in [0, 0.05) is 0 Å². The van der Waals surface area contributed by atoms with Crippen LogP contribution in [0.3, 0.4) is 0 Å². The van der Waals surface area contributed by atoms with Crippen LogP contribution in [0.1, 0.15) is 0 Å². The zero-order valence-electron chi connectivity index (χ0n) is 5.12. The van der Waals surface area contributed by atoms with E-state index in [0.717, 1.165) is 11.7 Å². The van der Waals surface area contributed by atoms with Gasteiger partial charge in [0.25, 0.3) is 5.56 Å². The van der Waals surface area contributed by atoms with E-state index in [2.05, 4.69) is 18.7 Å². The first-order valence-electron chi connectivity index (χ1n) is 2.72. The zero-order valence-corrected chi connectivity index (χ0v) is 6.75. The summed E-state index contributed by atoms with van der Waals surface area (Å²) in [7, 11) is 0. The maximum atomic E-state index is 11.0. The molecule has 0 fully saturated rings. The van der Waals surface area contributed by atoms with E-state index in [-0.39, 0.29) is 10.3 Å². The fourth-order valence-electron chi connectivity index (χ4n) is 0.721. The zero-order chi connectivity index (χ0) is 7.84. The molecule has 2 N–H and O–H groups in total. The van der Waals surface area contributed by atoms with Gasteiger partial charge in [-0.15, -0.1) is 0 Å². The number of nitrogens with one attached hydrogen (secondary N) is 2. The van der Waals surface area contributed by atoms with Crippen LogP contribution in [0.2, 0.25) is 0 Å². The second kappa shape index (κ2) is 2.21. The Morgan fingerprint density at radius 1 is 1.36 bits per heavy atom. The molecule has 0 amide bonds. The lowest BCUT2D eigenvalue weighted by Gasteiger charge is -1.83. The molecule has 0 aliphatic heterocycles. The normalized spacial score (nSPS) is 10.5. The number of H-pyrrole nitrogens is 2. The summed E-state index contributed by atoms with van der Waals surface area (Å²) in [4.78, 5) is 16.1. The van der Waals surface area contributed by atoms with Crippen LogP contribution in [0.15, 0.2) is 4.79 Å². The summed E-state index contributed by atoms with van der Waals surface area (Å²) >= 11 is 5.70. The summed E-state index contributed by atoms with van der Waals surface area (Å²) in [5.41, 5.74) is 0.463. The molecular weight excluding hydrogens is 184 g/mol. The van der Waals surface area contributed by atoms with Crippen molar-refractivity contribution < 1.29 is 0 Å². The topological polar surface area (TPSA) is 74.4 Å². The SMILES string of the molecule is O=c1[nH]c(=S)[nH]c2nsnc12. The van der Waals surface area contributed by atoms with E-state index < -0.39 is 0 Å². The van der Waals surface area contributed by atoms with Crippen molar-refractivity contribution in [2.24, 2.45) is 0 Å². The molecule has 2 aromatic heterocycles. The van der Waals surface area contributed by atoms with E-state index in [1.165, 1.54) is 0 Å². The number of fused-ring (bicyclic) bond motifs is 1. The first-order valence-corrected chi connectivity index (χ1v) is 3.86. The first-order chi connectivity index (χ1) is 5.27. The lowest BCUT2D eigenvalue weighted by Crippen LogP contribution is -2.07. The fourth-order valence-corrected chi connectivity index (χ4v) is 1.42. The van der Waals surface area contributed by atoms with Gasteiger partial charge in [-0.2, -0.15) is 8.75 Å². The minimum atomic E-state index is -0.294. The Hall–Kier alpha value is -1.08. The fraction of sp³-hybridized carbons (Fsp3) is 0. The van der Waals surface area contributed by atoms with Gasteiger partial charge in [0.05, 0.1) is 11.7 Å². The molecule has 7 heteroatoms. The summed E-state index contributed by atoms with van der Waals surface area (Å²) < 4.78 is 7.87. The van der Waals surface area contributed by atoms with Crippen molar-refractivity contribution in [3.8, 4) is 0 Å². The molecule has 11 heavy (non-hydrogen) atoms. The average Bonchev–Trinajstić information content (AvgIpc) is 2.34. The van der Waals surface area contributed by atoms with E-state index >= 15 is 0 Å². The smallest absolute Gasteiger partial charge is 0.281 e. The number of aromatic nitrogens is 4. The Labute approximate surface area is 69.4 Å². The van der Waals surface area contributed by atoms with Crippen LogP contribution in [-0.2, 0) is 0 Å². The van der Waals surface area contributed by atoms with E-state index in [4.69, 9.17) is 12.2 Å². The van der Waals surface area contributed by atoms with Crippen LogP contribution in [0.5, 0.6) is 0 Å². The standard InChI is InChI=1S/C4H2N4OS2/c9-3-1-2(8-11-7-1)5-4(10)6-3/h(H2,5,6,8,9,10). The van der Waals surface area contributed by atoms with Gasteiger partial charge in [0.2, 0.25) is 0 Å². The van der Waals surface area contributed by atoms with Crippen molar-refractivity contribution in [2.75, 3.05) is 0 Å². The second-order valence-corrected chi connectivity index (χ2v) is 2.81. The molecular formula is C4H2N4OS2. The lowest BCUT2D eigenvalue weighted by molar-refractivity contribution is 1.12. The van der Waals surface area contributed by atoms with Crippen LogP contribution >= 0.6 is 23.9 Å². The molecule has 2 aromatic rings. The van der Waals surface area contributed by atoms with Gasteiger partial charge in [0.15, 0.2) is 15.9 Å². The first kappa shape index (κ1) is 6.62. The molecule has 0 saturated heterocycles. The molecule has 2 rings (SSSR count). The predicted octanol–water partition coefficient (Wildman–Crippen LogP) is 0.437. The molecule has 0 unspecified atom stereocenters. The molecule has 5 nitrogen and oxygen atoms in total. The van der Waals surface area contributed by atoms with Gasteiger partial charge in [-0.3, -0.25) is 9.78 Å². The Kier molecular flexibility index (Phi) is 1.33. The van der Waals surface area contributed by atoms with Gasteiger partial charge in [-0.25, -0.2) is 0 Å². The molecule has 56 valence electrons. The summed E-state index contributed by atoms with van der Waals surface area (Å²) in [6.45, 7) is 0. The van der Waals surface area contributed by atoms with E-state index in [1.54, 1.807) is 0 Å². The number of hydrogen-bond donors (Lipinski definition) is 2. The quantitative estimate of drug-likeness (QED) is 0.585. The van der Waals surface area contributed by atoms with Crippen LogP contribution in [0.4, 0.5) is 0 Å². The van der Waals surface area contributed by atoms with E-state index in [9.17, 15) is 4.79 Å². The van der Waals surface area contributed by atoms with Crippen molar-refractivity contribution >= 4 is 35.1 Å². The second-order valence-electron chi connectivity index (χ2n) is 1.87. The molecule has 0 atom stereocenters. The highest BCUT2D eigenvalue weighted by Crippen LogP contribution is 1.99. The maximum Gasteiger partial charge on any atom is 0.281 e. The number of nitrogens with zero attached hydrogens (tertiary/aromatic N) is 2. The molecule has 0 spiro atoms. The van der Waals surface area contributed by atoms with E-state index in [1.807, 2.05) is 0 Å². The Morgan fingerprint density at radius 3 is 3.00 bits per heavy atom. The highest BCUT2D eigenvalue weighted by molar-refractivity contribution is 7.71. The minimum Gasteiger partial charge on any atom is -0.314 e. The highest BCUT2D eigenvalue weighted by atomic mass is 32.1. The third kappa shape index (κ3) is 0.976. The summed E-state index contributed by atoms with van der Waals surface area (Å²) in [6, 6.07) is 0. The predicted molar refractivity (Wildman–Crippen MR) is 43.2 cm³/mol. The number of aromatic amines is 2. The van der Waals surface area contributed by atoms with Gasteiger partial charge >= 0.3 is 0 Å². The van der Waals surface area contributed by atoms with Crippen molar-refractivity contribution in [3.05, 3.63) is 15.1 Å². The van der Waals surface area contributed by atoms with Crippen molar-refractivity contribution in [3.63, 3.8) is 0 Å². The van der Waals surface area contributed by atoms with Crippen LogP contribution in [0, 0.1) is 4.77 Å². The largest absolute Gasteiger partial charge is 0.314 e. The van der Waals surface area contributed by atoms with Gasteiger partial charge in [-0.05, 0) is 12.2 Å². The summed E-state index contributed by atoms with van der Waals surface area (Å²) in [5.74, 6) is 0. The van der Waals surface area contributed by atoms with Gasteiger partial charge in [0.1, 0.15) is 0 Å². The maximum absolute atomic E-state index is 11.0. The van der Waals surface area contributed by atoms with Gasteiger partial charge in [-0.1, -0.05) is 0 Å². The Balaban J connectivity index is 3.15. The minimum absolute atomic E-state index is 0.273. The molecule has 2 heterocycles. The number of rotatable bonds is 0. The molecule has 0 aliphatic carbocycles. The average molecular weight is 186 g/mol. The highest BCUT2D eigenvalue weighted by Gasteiger charge is 2.01. The summed E-state index contributed by atoms with van der Waals surface area (Å²) in [6.07, 6.45) is 0. The molecule has 0 radical (unpaired) electrons. The monoisotopic (exact) mass is 186 g/mol. The molecule has 0 aromatic carbocycles. The van der Waals surface area contributed by atoms with E-state index in [0.29, 0.717) is 11.2 Å². The molecule has 0 saturated carbocycles. The lowest BCUT2D eigenvalue weighted by atomic mass is 10.6. The van der Waals surface area contributed by atoms with Crippen molar-refractivity contribution in [1.29, 1.82) is 0 Å². The van der Waals surface area contributed by atoms with Gasteiger partial charge < -0.3 is 4.98 Å². The van der Waals surface area contributed by atoms with Crippen molar-refractivity contribution in [1.82, 2.24) is 18.7 Å². The van der Waals surface area contributed by atoms with Crippen LogP contribution in [-0.4, -0.2) is 18.7 Å². The number of hydrogen-bond acceptors (Lipinski definition) is 5. The third-order valence-corrected chi connectivity index (χ3v) is 1.90. The van der Waals surface area contributed by atoms with Crippen LogP contribution < -0.4 is 5.56 Å². The molecule has 0 aliphatic rings. The van der Waals surface area contributed by atoms with Crippen LogP contribution in [0.25, 0.3) is 11.2 Å². The Morgan fingerprint density at radius 2 is 2.18 bits per heavy atom. The third-order valence-electron chi connectivity index (χ3n) is 1.16.